The highest BCUT2D eigenvalue weighted by Crippen LogP contribution is 2.16. The van der Waals surface area contributed by atoms with Crippen LogP contribution in [0.1, 0.15) is 26.2 Å². The van der Waals surface area contributed by atoms with Crippen LogP contribution in [0.4, 0.5) is 0 Å². The molecule has 0 spiro atoms. The molecule has 0 aromatic heterocycles. The molecule has 0 saturated carbocycles. The van der Waals surface area contributed by atoms with Gasteiger partial charge in [-0.3, -0.25) is 4.79 Å². The van der Waals surface area contributed by atoms with Crippen molar-refractivity contribution in [2.45, 2.75) is 32.2 Å². The van der Waals surface area contributed by atoms with Crippen molar-refractivity contribution >= 4 is 5.91 Å². The van der Waals surface area contributed by atoms with E-state index in [9.17, 15) is 4.79 Å². The van der Waals surface area contributed by atoms with E-state index in [1.807, 2.05) is 6.92 Å². The summed E-state index contributed by atoms with van der Waals surface area (Å²) in [5.41, 5.74) is 0. The van der Waals surface area contributed by atoms with E-state index in [-0.39, 0.29) is 11.9 Å². The minimum atomic E-state index is -0.120. The van der Waals surface area contributed by atoms with Crippen LogP contribution in [0.3, 0.4) is 0 Å². The second-order valence-electron chi connectivity index (χ2n) is 4.31. The summed E-state index contributed by atoms with van der Waals surface area (Å²) in [5.74, 6) is 0.728. The van der Waals surface area contributed by atoms with Gasteiger partial charge in [-0.1, -0.05) is 18.2 Å². The average molecular weight is 222 g/mol. The van der Waals surface area contributed by atoms with Gasteiger partial charge in [-0.25, -0.2) is 0 Å². The molecule has 0 fully saturated rings. The van der Waals surface area contributed by atoms with Crippen LogP contribution in [0.5, 0.6) is 0 Å². The fraction of sp³-hybridized carbons (Fsp3) is 0.615. The summed E-state index contributed by atoms with van der Waals surface area (Å²) in [6.45, 7) is 6.93. The maximum atomic E-state index is 11.5. The Morgan fingerprint density at radius 2 is 2.44 bits per heavy atom. The van der Waals surface area contributed by atoms with E-state index >= 15 is 0 Å². The summed E-state index contributed by atoms with van der Waals surface area (Å²) in [5, 5.41) is 6.07. The van der Waals surface area contributed by atoms with Crippen LogP contribution < -0.4 is 10.6 Å². The lowest BCUT2D eigenvalue weighted by molar-refractivity contribution is -0.122. The summed E-state index contributed by atoms with van der Waals surface area (Å²) in [7, 11) is 0. The monoisotopic (exact) mass is 222 g/mol. The predicted molar refractivity (Wildman–Crippen MR) is 67.2 cm³/mol. The lowest BCUT2D eigenvalue weighted by atomic mass is 9.94. The largest absolute Gasteiger partial charge is 0.351 e. The van der Waals surface area contributed by atoms with Crippen molar-refractivity contribution in [2.24, 2.45) is 5.92 Å². The third-order valence-corrected chi connectivity index (χ3v) is 2.90. The summed E-state index contributed by atoms with van der Waals surface area (Å²) in [6, 6.07) is -0.120. The minimum Gasteiger partial charge on any atom is -0.351 e. The van der Waals surface area contributed by atoms with Crippen molar-refractivity contribution in [3.05, 3.63) is 24.8 Å². The highest BCUT2D eigenvalue weighted by Gasteiger charge is 2.14. The first-order chi connectivity index (χ1) is 7.74. The van der Waals surface area contributed by atoms with Gasteiger partial charge in [0.15, 0.2) is 0 Å². The number of nitrogens with one attached hydrogen (secondary N) is 2. The maximum absolute atomic E-state index is 11.5. The van der Waals surface area contributed by atoms with Gasteiger partial charge in [-0.05, 0) is 38.6 Å². The number of carbonyl (C=O) groups is 1. The SMILES string of the molecule is C=CCNC(=O)C(C)NCC1CC=CCC1. The zero-order valence-corrected chi connectivity index (χ0v) is 10.0. The molecule has 1 rings (SSSR count). The van der Waals surface area contributed by atoms with Crippen LogP contribution >= 0.6 is 0 Å². The molecular formula is C13H22N2O. The average Bonchev–Trinajstić information content (AvgIpc) is 2.34. The van der Waals surface area contributed by atoms with E-state index in [1.165, 1.54) is 12.8 Å². The van der Waals surface area contributed by atoms with Gasteiger partial charge in [0.25, 0.3) is 0 Å². The molecule has 0 saturated heterocycles. The van der Waals surface area contributed by atoms with E-state index in [0.717, 1.165) is 13.0 Å². The number of hydrogen-bond acceptors (Lipinski definition) is 2. The molecule has 2 unspecified atom stereocenters. The Balaban J connectivity index is 2.18. The quantitative estimate of drug-likeness (QED) is 0.671. The molecule has 0 aromatic carbocycles. The Kier molecular flexibility index (Phi) is 5.86. The van der Waals surface area contributed by atoms with E-state index in [4.69, 9.17) is 0 Å². The molecule has 1 aliphatic carbocycles. The molecule has 3 nitrogen and oxygen atoms in total. The lowest BCUT2D eigenvalue weighted by Crippen LogP contribution is -2.43. The van der Waals surface area contributed by atoms with Crippen molar-refractivity contribution in [1.82, 2.24) is 10.6 Å². The first-order valence-electron chi connectivity index (χ1n) is 6.01. The first kappa shape index (κ1) is 13.0. The third-order valence-electron chi connectivity index (χ3n) is 2.90. The summed E-state index contributed by atoms with van der Waals surface area (Å²) in [6.07, 6.45) is 9.69. The van der Waals surface area contributed by atoms with Gasteiger partial charge in [0.1, 0.15) is 0 Å². The molecule has 1 aliphatic rings. The number of allylic oxidation sites excluding steroid dienone is 2. The Bertz CT molecular complexity index is 261. The maximum Gasteiger partial charge on any atom is 0.237 e. The van der Waals surface area contributed by atoms with Crippen molar-refractivity contribution in [3.8, 4) is 0 Å². The van der Waals surface area contributed by atoms with Gasteiger partial charge >= 0.3 is 0 Å². The third kappa shape index (κ3) is 4.62. The molecule has 0 radical (unpaired) electrons. The summed E-state index contributed by atoms with van der Waals surface area (Å²) >= 11 is 0. The molecule has 0 aromatic rings. The van der Waals surface area contributed by atoms with Gasteiger partial charge < -0.3 is 10.6 Å². The summed E-state index contributed by atoms with van der Waals surface area (Å²) < 4.78 is 0. The van der Waals surface area contributed by atoms with Crippen LogP contribution in [-0.2, 0) is 4.79 Å². The molecule has 1 amide bonds. The molecule has 0 heterocycles. The van der Waals surface area contributed by atoms with Crippen molar-refractivity contribution in [2.75, 3.05) is 13.1 Å². The molecule has 3 heteroatoms. The molecule has 90 valence electrons. The number of amides is 1. The van der Waals surface area contributed by atoms with E-state index in [2.05, 4.69) is 29.4 Å². The van der Waals surface area contributed by atoms with Crippen LogP contribution in [-0.4, -0.2) is 25.0 Å². The van der Waals surface area contributed by atoms with Gasteiger partial charge in [-0.2, -0.15) is 0 Å². The van der Waals surface area contributed by atoms with E-state index < -0.39 is 0 Å². The Morgan fingerprint density at radius 3 is 3.06 bits per heavy atom. The van der Waals surface area contributed by atoms with Gasteiger partial charge in [0.2, 0.25) is 5.91 Å². The minimum absolute atomic E-state index is 0.0475. The molecule has 2 atom stereocenters. The van der Waals surface area contributed by atoms with Crippen molar-refractivity contribution in [1.29, 1.82) is 0 Å². The highest BCUT2D eigenvalue weighted by molar-refractivity contribution is 5.81. The second kappa shape index (κ2) is 7.23. The Morgan fingerprint density at radius 1 is 1.62 bits per heavy atom. The standard InChI is InChI=1S/C13H22N2O/c1-3-9-14-13(16)11(2)15-10-12-7-5-4-6-8-12/h3-5,11-12,15H,1,6-10H2,2H3,(H,14,16). The Labute approximate surface area is 98.0 Å². The van der Waals surface area contributed by atoms with E-state index in [0.29, 0.717) is 12.5 Å². The normalized spacial score (nSPS) is 21.4. The molecular weight excluding hydrogens is 200 g/mol. The lowest BCUT2D eigenvalue weighted by Gasteiger charge is -2.20. The Hall–Kier alpha value is -1.09. The summed E-state index contributed by atoms with van der Waals surface area (Å²) in [4.78, 5) is 11.5. The zero-order valence-electron chi connectivity index (χ0n) is 10.0. The smallest absolute Gasteiger partial charge is 0.237 e. The van der Waals surface area contributed by atoms with Gasteiger partial charge in [-0.15, -0.1) is 6.58 Å². The number of carbonyl (C=O) groups excluding carboxylic acids is 1. The fourth-order valence-corrected chi connectivity index (χ4v) is 1.80. The molecule has 16 heavy (non-hydrogen) atoms. The topological polar surface area (TPSA) is 41.1 Å². The van der Waals surface area contributed by atoms with Crippen LogP contribution in [0, 0.1) is 5.92 Å². The van der Waals surface area contributed by atoms with Crippen LogP contribution in [0.15, 0.2) is 24.8 Å². The van der Waals surface area contributed by atoms with Gasteiger partial charge in [0, 0.05) is 6.54 Å². The van der Waals surface area contributed by atoms with Crippen LogP contribution in [0.25, 0.3) is 0 Å². The van der Waals surface area contributed by atoms with Crippen molar-refractivity contribution in [3.63, 3.8) is 0 Å². The number of rotatable bonds is 6. The van der Waals surface area contributed by atoms with E-state index in [1.54, 1.807) is 6.08 Å². The molecule has 0 bridgehead atoms. The highest BCUT2D eigenvalue weighted by atomic mass is 16.2. The zero-order chi connectivity index (χ0) is 11.8. The van der Waals surface area contributed by atoms with Crippen LogP contribution in [0.2, 0.25) is 0 Å². The number of hydrogen-bond donors (Lipinski definition) is 2. The molecule has 0 aliphatic heterocycles. The predicted octanol–water partition coefficient (Wildman–Crippen LogP) is 1.62. The first-order valence-corrected chi connectivity index (χ1v) is 6.01. The molecule has 2 N–H and O–H groups in total. The second-order valence-corrected chi connectivity index (χ2v) is 4.31. The fourth-order valence-electron chi connectivity index (χ4n) is 1.80. The van der Waals surface area contributed by atoms with Crippen molar-refractivity contribution < 1.29 is 4.79 Å². The van der Waals surface area contributed by atoms with Gasteiger partial charge in [0.05, 0.1) is 6.04 Å².